The summed E-state index contributed by atoms with van der Waals surface area (Å²) in [5.74, 6) is -0.968. The molecule has 0 atom stereocenters. The molecule has 0 radical (unpaired) electrons. The number of hydrogen-bond donors (Lipinski definition) is 1. The fraction of sp³-hybridized carbons (Fsp3) is 0. The van der Waals surface area contributed by atoms with Crippen LogP contribution >= 0.6 is 10.7 Å². The van der Waals surface area contributed by atoms with Crippen LogP contribution in [0.4, 0.5) is 0 Å². The number of carbonyl (C=O) groups excluding carboxylic acids is 1. The van der Waals surface area contributed by atoms with E-state index in [4.69, 9.17) is 16.4 Å². The lowest BCUT2D eigenvalue weighted by atomic mass is 10.5. The highest BCUT2D eigenvalue weighted by Crippen LogP contribution is 2.04. The average Bonchev–Trinajstić information content (AvgIpc) is 2.30. The molecular formula is C3H3ClN4O3S. The Kier molecular flexibility index (Phi) is 2.02. The number of rotatable bonds is 2. The monoisotopic (exact) mass is 210 g/mol. The standard InChI is InChI=1S/C3H3ClN4O3S/c4-12(10,11)8-2(3(5)9)1-6-7-8/h1H,(H2,5,9). The Labute approximate surface area is 71.7 Å². The smallest absolute Gasteiger partial charge is 0.342 e. The number of carbonyl (C=O) groups is 1. The predicted molar refractivity (Wildman–Crippen MR) is 38.7 cm³/mol. The van der Waals surface area contributed by atoms with Crippen LogP contribution in [0.25, 0.3) is 0 Å². The Balaban J connectivity index is 3.36. The first kappa shape index (κ1) is 8.94. The molecule has 2 N–H and O–H groups in total. The highest BCUT2D eigenvalue weighted by molar-refractivity contribution is 8.12. The van der Waals surface area contributed by atoms with Gasteiger partial charge in [-0.3, -0.25) is 4.79 Å². The molecule has 0 aliphatic heterocycles. The minimum absolute atomic E-state index is 0.247. The summed E-state index contributed by atoms with van der Waals surface area (Å²) in [7, 11) is 0.753. The molecule has 0 saturated heterocycles. The van der Waals surface area contributed by atoms with Crippen molar-refractivity contribution in [1.29, 1.82) is 0 Å². The van der Waals surface area contributed by atoms with Crippen LogP contribution in [0, 0.1) is 0 Å². The Morgan fingerprint density at radius 1 is 1.67 bits per heavy atom. The van der Waals surface area contributed by atoms with Crippen molar-refractivity contribution in [2.75, 3.05) is 0 Å². The highest BCUT2D eigenvalue weighted by atomic mass is 35.7. The number of nitrogens with two attached hydrogens (primary N) is 1. The molecule has 1 aromatic heterocycles. The van der Waals surface area contributed by atoms with E-state index in [2.05, 4.69) is 10.3 Å². The molecule has 1 heterocycles. The summed E-state index contributed by atoms with van der Waals surface area (Å²) in [6.45, 7) is 0. The van der Waals surface area contributed by atoms with Crippen LogP contribution in [-0.4, -0.2) is 28.7 Å². The second kappa shape index (κ2) is 2.72. The zero-order chi connectivity index (χ0) is 9.35. The van der Waals surface area contributed by atoms with Gasteiger partial charge in [-0.25, -0.2) is 0 Å². The van der Waals surface area contributed by atoms with E-state index in [0.29, 0.717) is 0 Å². The van der Waals surface area contributed by atoms with Gasteiger partial charge in [0.25, 0.3) is 5.91 Å². The van der Waals surface area contributed by atoms with E-state index >= 15 is 0 Å². The molecular weight excluding hydrogens is 208 g/mol. The second-order valence-electron chi connectivity index (χ2n) is 1.77. The largest absolute Gasteiger partial charge is 0.364 e. The van der Waals surface area contributed by atoms with Gasteiger partial charge in [0.05, 0.1) is 6.20 Å². The molecule has 1 aromatic rings. The quantitative estimate of drug-likeness (QED) is 0.611. The Bertz CT molecular complexity index is 409. The van der Waals surface area contributed by atoms with Crippen molar-refractivity contribution in [1.82, 2.24) is 14.4 Å². The van der Waals surface area contributed by atoms with Crippen molar-refractivity contribution in [3.05, 3.63) is 11.9 Å². The third-order valence-corrected chi connectivity index (χ3v) is 2.05. The first-order valence-electron chi connectivity index (χ1n) is 2.58. The maximum Gasteiger partial charge on any atom is 0.342 e. The minimum atomic E-state index is -4.12. The fourth-order valence-corrected chi connectivity index (χ4v) is 1.35. The van der Waals surface area contributed by atoms with Gasteiger partial charge in [-0.2, -0.15) is 8.42 Å². The Morgan fingerprint density at radius 3 is 2.58 bits per heavy atom. The molecule has 0 bridgehead atoms. The van der Waals surface area contributed by atoms with Crippen LogP contribution in [-0.2, 0) is 9.24 Å². The van der Waals surface area contributed by atoms with E-state index in [-0.39, 0.29) is 9.78 Å². The summed E-state index contributed by atoms with van der Waals surface area (Å²) in [4.78, 5) is 10.5. The summed E-state index contributed by atoms with van der Waals surface area (Å²) < 4.78 is 21.5. The van der Waals surface area contributed by atoms with Crippen LogP contribution < -0.4 is 5.73 Å². The lowest BCUT2D eigenvalue weighted by Gasteiger charge is -1.95. The van der Waals surface area contributed by atoms with E-state index in [0.717, 1.165) is 6.20 Å². The molecule has 0 fully saturated rings. The third-order valence-electron chi connectivity index (χ3n) is 0.978. The van der Waals surface area contributed by atoms with Crippen molar-refractivity contribution in [3.8, 4) is 0 Å². The predicted octanol–water partition coefficient (Wildman–Crippen LogP) is -1.29. The number of amides is 1. The van der Waals surface area contributed by atoms with Gasteiger partial charge in [-0.05, 0) is 0 Å². The van der Waals surface area contributed by atoms with Gasteiger partial charge in [0, 0.05) is 10.7 Å². The first-order chi connectivity index (χ1) is 5.43. The molecule has 12 heavy (non-hydrogen) atoms. The van der Waals surface area contributed by atoms with Gasteiger partial charge in [0.1, 0.15) is 0 Å². The zero-order valence-corrected chi connectivity index (χ0v) is 7.08. The van der Waals surface area contributed by atoms with Gasteiger partial charge in [-0.15, -0.1) is 9.19 Å². The van der Waals surface area contributed by atoms with Crippen LogP contribution in [0.5, 0.6) is 0 Å². The average molecular weight is 211 g/mol. The highest BCUT2D eigenvalue weighted by Gasteiger charge is 2.18. The molecule has 0 unspecified atom stereocenters. The zero-order valence-electron chi connectivity index (χ0n) is 5.51. The molecule has 9 heteroatoms. The molecule has 66 valence electrons. The Morgan fingerprint density at radius 2 is 2.25 bits per heavy atom. The van der Waals surface area contributed by atoms with E-state index in [9.17, 15) is 13.2 Å². The van der Waals surface area contributed by atoms with Gasteiger partial charge in [0.15, 0.2) is 5.69 Å². The third kappa shape index (κ3) is 1.53. The SMILES string of the molecule is NC(=O)c1cnnn1S(=O)(=O)Cl. The lowest BCUT2D eigenvalue weighted by Crippen LogP contribution is -2.20. The van der Waals surface area contributed by atoms with E-state index in [1.807, 2.05) is 0 Å². The van der Waals surface area contributed by atoms with Gasteiger partial charge >= 0.3 is 9.24 Å². The molecule has 1 amide bonds. The maximum atomic E-state index is 10.6. The number of aromatic nitrogens is 3. The van der Waals surface area contributed by atoms with Crippen LogP contribution in [0.1, 0.15) is 10.5 Å². The minimum Gasteiger partial charge on any atom is -0.364 e. The molecule has 0 saturated carbocycles. The van der Waals surface area contributed by atoms with Gasteiger partial charge in [-0.1, -0.05) is 5.21 Å². The van der Waals surface area contributed by atoms with Crippen molar-refractivity contribution < 1.29 is 13.2 Å². The lowest BCUT2D eigenvalue weighted by molar-refractivity contribution is 0.0994. The topological polar surface area (TPSA) is 108 Å². The molecule has 0 aliphatic carbocycles. The van der Waals surface area contributed by atoms with Crippen molar-refractivity contribution in [3.63, 3.8) is 0 Å². The normalized spacial score (nSPS) is 11.4. The summed E-state index contributed by atoms with van der Waals surface area (Å²) in [6, 6.07) is 0. The number of primary amides is 1. The van der Waals surface area contributed by atoms with E-state index in [1.54, 1.807) is 0 Å². The summed E-state index contributed by atoms with van der Waals surface area (Å²) in [5, 5.41) is 6.21. The van der Waals surface area contributed by atoms with Crippen LogP contribution in [0.3, 0.4) is 0 Å². The van der Waals surface area contributed by atoms with E-state index < -0.39 is 15.1 Å². The summed E-state index contributed by atoms with van der Waals surface area (Å²) in [6.07, 6.45) is 0.905. The summed E-state index contributed by atoms with van der Waals surface area (Å²) in [5.41, 5.74) is 4.41. The molecule has 7 nitrogen and oxygen atoms in total. The van der Waals surface area contributed by atoms with Crippen LogP contribution in [0.2, 0.25) is 0 Å². The van der Waals surface area contributed by atoms with Crippen molar-refractivity contribution in [2.45, 2.75) is 0 Å². The van der Waals surface area contributed by atoms with Crippen molar-refractivity contribution in [2.24, 2.45) is 5.73 Å². The van der Waals surface area contributed by atoms with E-state index in [1.165, 1.54) is 0 Å². The second-order valence-corrected chi connectivity index (χ2v) is 4.11. The molecule has 0 aliphatic rings. The Hall–Kier alpha value is -1.15. The number of nitrogens with zero attached hydrogens (tertiary/aromatic N) is 3. The summed E-state index contributed by atoms with van der Waals surface area (Å²) >= 11 is 0. The number of halogens is 1. The molecule has 0 aromatic carbocycles. The van der Waals surface area contributed by atoms with Crippen LogP contribution in [0.15, 0.2) is 6.20 Å². The molecule has 1 rings (SSSR count). The fourth-order valence-electron chi connectivity index (χ4n) is 0.544. The van der Waals surface area contributed by atoms with Gasteiger partial charge < -0.3 is 5.73 Å². The maximum absolute atomic E-state index is 10.6. The van der Waals surface area contributed by atoms with Crippen molar-refractivity contribution >= 4 is 25.8 Å². The molecule has 0 spiro atoms. The first-order valence-corrected chi connectivity index (χ1v) is 4.85. The van der Waals surface area contributed by atoms with Gasteiger partial charge in [0.2, 0.25) is 0 Å². The number of hydrogen-bond acceptors (Lipinski definition) is 5.